The fraction of sp³-hybridized carbons (Fsp3) is 0.0714. The van der Waals surface area contributed by atoms with E-state index in [0.29, 0.717) is 22.0 Å². The largest absolute Gasteiger partial charge is 0.339 e. The Morgan fingerprint density at radius 2 is 2.00 bits per heavy atom. The zero-order chi connectivity index (χ0) is 13.6. The number of H-pyrrole nitrogens is 1. The second-order valence-corrected chi connectivity index (χ2v) is 4.31. The second-order valence-electron chi connectivity index (χ2n) is 4.31. The molecule has 0 aliphatic rings. The quantitative estimate of drug-likeness (QED) is 0.612. The molecule has 1 N–H and O–H groups in total. The molecule has 0 atom stereocenters. The molecular weight excluding hydrogens is 242 g/mol. The lowest BCUT2D eigenvalue weighted by Gasteiger charge is -2.06. The van der Waals surface area contributed by atoms with Crippen molar-refractivity contribution in [1.29, 1.82) is 5.26 Å². The van der Waals surface area contributed by atoms with Crippen LogP contribution in [0.15, 0.2) is 39.9 Å². The van der Waals surface area contributed by atoms with Crippen molar-refractivity contribution in [3.63, 3.8) is 0 Å². The van der Waals surface area contributed by atoms with Crippen molar-refractivity contribution in [3.05, 3.63) is 62.2 Å². The summed E-state index contributed by atoms with van der Waals surface area (Å²) in [7, 11) is 0. The number of pyridine rings is 1. The smallest absolute Gasteiger partial charge is 0.268 e. The predicted molar refractivity (Wildman–Crippen MR) is 71.2 cm³/mol. The maximum atomic E-state index is 12.3. The van der Waals surface area contributed by atoms with E-state index < -0.39 is 11.1 Å². The van der Waals surface area contributed by atoms with E-state index in [2.05, 4.69) is 4.98 Å². The molecule has 0 bridgehead atoms. The summed E-state index contributed by atoms with van der Waals surface area (Å²) in [4.78, 5) is 27.3. The molecule has 19 heavy (non-hydrogen) atoms. The summed E-state index contributed by atoms with van der Waals surface area (Å²) >= 11 is 0. The van der Waals surface area contributed by atoms with E-state index in [9.17, 15) is 14.9 Å². The molecule has 0 saturated carbocycles. The highest BCUT2D eigenvalue weighted by Gasteiger charge is 2.12. The number of aryl methyl sites for hydroxylation is 1. The van der Waals surface area contributed by atoms with Crippen LogP contribution in [-0.2, 0) is 0 Å². The number of hydrogen-bond donors (Lipinski definition) is 1. The summed E-state index contributed by atoms with van der Waals surface area (Å²) in [6, 6.07) is 10.2. The van der Waals surface area contributed by atoms with Crippen LogP contribution in [0, 0.1) is 18.3 Å². The van der Waals surface area contributed by atoms with Crippen molar-refractivity contribution in [2.75, 3.05) is 0 Å². The molecule has 3 rings (SSSR count). The van der Waals surface area contributed by atoms with Crippen LogP contribution in [0.2, 0.25) is 0 Å². The van der Waals surface area contributed by atoms with Gasteiger partial charge in [-0.25, -0.2) is 4.40 Å². The van der Waals surface area contributed by atoms with E-state index in [4.69, 9.17) is 0 Å². The van der Waals surface area contributed by atoms with Gasteiger partial charge in [-0.1, -0.05) is 12.1 Å². The van der Waals surface area contributed by atoms with Crippen LogP contribution in [0.4, 0.5) is 0 Å². The number of para-hydroxylation sites is 1. The molecule has 5 heteroatoms. The van der Waals surface area contributed by atoms with Crippen LogP contribution in [0.3, 0.4) is 0 Å². The van der Waals surface area contributed by atoms with Crippen LogP contribution in [0.5, 0.6) is 0 Å². The van der Waals surface area contributed by atoms with Crippen molar-refractivity contribution >= 4 is 16.6 Å². The van der Waals surface area contributed by atoms with Crippen molar-refractivity contribution in [3.8, 4) is 6.07 Å². The third kappa shape index (κ3) is 1.47. The van der Waals surface area contributed by atoms with Gasteiger partial charge in [-0.15, -0.1) is 0 Å². The molecule has 0 amide bonds. The topological polar surface area (TPSA) is 78.1 Å². The van der Waals surface area contributed by atoms with Crippen LogP contribution in [0.1, 0.15) is 11.1 Å². The standard InChI is InChI=1S/C14H9N3O2/c1-8-6-12(18)17-13(10(8)7-15)16-11-5-3-2-4-9(11)14(17)19/h2-6,16H,1H3. The monoisotopic (exact) mass is 251 g/mol. The van der Waals surface area contributed by atoms with Gasteiger partial charge in [-0.05, 0) is 24.6 Å². The Bertz CT molecular complexity index is 974. The predicted octanol–water partition coefficient (Wildman–Crippen LogP) is 1.32. The maximum Gasteiger partial charge on any atom is 0.268 e. The lowest BCUT2D eigenvalue weighted by molar-refractivity contribution is 1.01. The van der Waals surface area contributed by atoms with Gasteiger partial charge in [0.2, 0.25) is 0 Å². The first-order chi connectivity index (χ1) is 9.13. The Kier molecular flexibility index (Phi) is 2.26. The molecule has 2 heterocycles. The Morgan fingerprint density at radius 3 is 2.74 bits per heavy atom. The van der Waals surface area contributed by atoms with Crippen molar-refractivity contribution in [2.24, 2.45) is 0 Å². The number of nitrogens with zero attached hydrogens (tertiary/aromatic N) is 2. The normalized spacial score (nSPS) is 10.7. The molecule has 5 nitrogen and oxygen atoms in total. The van der Waals surface area contributed by atoms with E-state index >= 15 is 0 Å². The minimum absolute atomic E-state index is 0.246. The zero-order valence-corrected chi connectivity index (χ0v) is 10.1. The summed E-state index contributed by atoms with van der Waals surface area (Å²) in [6.45, 7) is 1.67. The minimum atomic E-state index is -0.432. The number of rotatable bonds is 0. The van der Waals surface area contributed by atoms with E-state index in [1.165, 1.54) is 6.07 Å². The number of benzene rings is 1. The molecule has 0 radical (unpaired) electrons. The van der Waals surface area contributed by atoms with Crippen molar-refractivity contribution in [2.45, 2.75) is 6.92 Å². The maximum absolute atomic E-state index is 12.3. The second kappa shape index (κ2) is 3.82. The Labute approximate surface area is 107 Å². The molecule has 0 aliphatic carbocycles. The van der Waals surface area contributed by atoms with Gasteiger partial charge in [0.1, 0.15) is 11.7 Å². The third-order valence-corrected chi connectivity index (χ3v) is 3.14. The van der Waals surface area contributed by atoms with Crippen molar-refractivity contribution < 1.29 is 0 Å². The lowest BCUT2D eigenvalue weighted by Crippen LogP contribution is -2.28. The van der Waals surface area contributed by atoms with Crippen LogP contribution >= 0.6 is 0 Å². The number of nitriles is 1. The molecule has 2 aromatic heterocycles. The number of aromatic amines is 1. The van der Waals surface area contributed by atoms with Crippen LogP contribution < -0.4 is 11.1 Å². The van der Waals surface area contributed by atoms with Gasteiger partial charge in [0.05, 0.1) is 16.5 Å². The Hall–Kier alpha value is -2.87. The summed E-state index contributed by atoms with van der Waals surface area (Å²) < 4.78 is 1.01. The van der Waals surface area contributed by atoms with Gasteiger partial charge in [0, 0.05) is 6.07 Å². The first-order valence-electron chi connectivity index (χ1n) is 5.71. The molecule has 0 aliphatic heterocycles. The molecule has 0 spiro atoms. The highest BCUT2D eigenvalue weighted by atomic mass is 16.2. The SMILES string of the molecule is Cc1cc(=O)n2c(=O)c3ccccc3[nH]c2c1C#N. The molecule has 92 valence electrons. The molecule has 1 aromatic carbocycles. The van der Waals surface area contributed by atoms with E-state index in [-0.39, 0.29) is 5.65 Å². The van der Waals surface area contributed by atoms with Crippen LogP contribution in [-0.4, -0.2) is 9.38 Å². The molecule has 0 unspecified atom stereocenters. The summed E-state index contributed by atoms with van der Waals surface area (Å²) in [5.74, 6) is 0. The Balaban J connectivity index is 2.74. The Morgan fingerprint density at radius 1 is 1.26 bits per heavy atom. The average molecular weight is 251 g/mol. The number of aromatic nitrogens is 2. The molecular formula is C14H9N3O2. The summed E-state index contributed by atoms with van der Waals surface area (Å²) in [5.41, 5.74) is 0.871. The van der Waals surface area contributed by atoms with Crippen molar-refractivity contribution in [1.82, 2.24) is 9.38 Å². The fourth-order valence-corrected chi connectivity index (χ4v) is 2.22. The number of hydrogen-bond acceptors (Lipinski definition) is 3. The van der Waals surface area contributed by atoms with E-state index in [1.807, 2.05) is 6.07 Å². The van der Waals surface area contributed by atoms with Gasteiger partial charge >= 0.3 is 0 Å². The average Bonchev–Trinajstić information content (AvgIpc) is 2.39. The minimum Gasteiger partial charge on any atom is -0.339 e. The molecule has 3 aromatic rings. The fourth-order valence-electron chi connectivity index (χ4n) is 2.22. The van der Waals surface area contributed by atoms with E-state index in [0.717, 1.165) is 4.40 Å². The number of fused-ring (bicyclic) bond motifs is 2. The highest BCUT2D eigenvalue weighted by Crippen LogP contribution is 2.12. The van der Waals surface area contributed by atoms with Crippen LogP contribution in [0.25, 0.3) is 16.6 Å². The third-order valence-electron chi connectivity index (χ3n) is 3.14. The number of nitrogens with one attached hydrogen (secondary N) is 1. The van der Waals surface area contributed by atoms with Gasteiger partial charge < -0.3 is 4.98 Å². The van der Waals surface area contributed by atoms with Gasteiger partial charge in [-0.3, -0.25) is 9.59 Å². The highest BCUT2D eigenvalue weighted by molar-refractivity contribution is 5.80. The first-order valence-corrected chi connectivity index (χ1v) is 5.71. The zero-order valence-electron chi connectivity index (χ0n) is 10.1. The summed E-state index contributed by atoms with van der Waals surface area (Å²) in [6.07, 6.45) is 0. The molecule has 0 saturated heterocycles. The van der Waals surface area contributed by atoms with Gasteiger partial charge in [-0.2, -0.15) is 5.26 Å². The summed E-state index contributed by atoms with van der Waals surface area (Å²) in [5, 5.41) is 9.60. The van der Waals surface area contributed by atoms with Gasteiger partial charge in [0.25, 0.3) is 11.1 Å². The van der Waals surface area contributed by atoms with E-state index in [1.54, 1.807) is 31.2 Å². The first kappa shape index (κ1) is 11.2. The molecule has 0 fully saturated rings. The lowest BCUT2D eigenvalue weighted by atomic mass is 10.1. The van der Waals surface area contributed by atoms with Gasteiger partial charge in [0.15, 0.2) is 0 Å².